The molecule has 2 aliphatic rings. The van der Waals surface area contributed by atoms with Gasteiger partial charge in [-0.2, -0.15) is 0 Å². The van der Waals surface area contributed by atoms with Crippen molar-refractivity contribution in [1.82, 2.24) is 24.2 Å². The van der Waals surface area contributed by atoms with E-state index in [-0.39, 0.29) is 28.6 Å². The minimum Gasteiger partial charge on any atom is -0.379 e. The summed E-state index contributed by atoms with van der Waals surface area (Å²) in [4.78, 5) is 33.2. The predicted octanol–water partition coefficient (Wildman–Crippen LogP) is 0.370. The molecule has 0 bridgehead atoms. The Morgan fingerprint density at radius 3 is 2.88 bits per heavy atom. The van der Waals surface area contributed by atoms with Crippen molar-refractivity contribution in [3.63, 3.8) is 0 Å². The number of morpholine rings is 1. The Hall–Kier alpha value is -3.08. The highest BCUT2D eigenvalue weighted by Crippen LogP contribution is 2.16. The van der Waals surface area contributed by atoms with Crippen molar-refractivity contribution in [2.75, 3.05) is 46.0 Å². The van der Waals surface area contributed by atoms with Crippen molar-refractivity contribution in [3.8, 4) is 0 Å². The lowest BCUT2D eigenvalue weighted by Crippen LogP contribution is -2.42. The highest BCUT2D eigenvalue weighted by molar-refractivity contribution is 5.96. The molecule has 2 aliphatic heterocycles. The Bertz CT molecular complexity index is 1290. The van der Waals surface area contributed by atoms with Crippen LogP contribution in [0.2, 0.25) is 0 Å². The molecular weight excluding hydrogens is 424 g/mol. The van der Waals surface area contributed by atoms with E-state index < -0.39 is 0 Å². The van der Waals surface area contributed by atoms with Gasteiger partial charge in [-0.25, -0.2) is 4.98 Å². The zero-order chi connectivity index (χ0) is 22.8. The fourth-order valence-electron chi connectivity index (χ4n) is 4.48. The molecule has 5 heterocycles. The highest BCUT2D eigenvalue weighted by Gasteiger charge is 2.22. The number of pyridine rings is 2. The molecule has 1 atom stereocenters. The number of aromatic nitrogens is 3. The van der Waals surface area contributed by atoms with Crippen molar-refractivity contribution in [3.05, 3.63) is 51.9 Å². The van der Waals surface area contributed by atoms with Crippen LogP contribution in [0.4, 0.5) is 0 Å². The Balaban J connectivity index is 1.52. The summed E-state index contributed by atoms with van der Waals surface area (Å²) < 4.78 is 14.2. The van der Waals surface area contributed by atoms with Gasteiger partial charge in [-0.3, -0.25) is 24.3 Å². The zero-order valence-corrected chi connectivity index (χ0v) is 18.5. The van der Waals surface area contributed by atoms with Gasteiger partial charge in [0.2, 0.25) is 0 Å². The maximum Gasteiger partial charge on any atom is 0.267 e. The number of amides is 1. The zero-order valence-electron chi connectivity index (χ0n) is 18.5. The summed E-state index contributed by atoms with van der Waals surface area (Å²) >= 11 is 0. The number of nitrogens with one attached hydrogen (secondary N) is 2. The van der Waals surface area contributed by atoms with E-state index in [1.807, 2.05) is 6.07 Å². The third-order valence-electron chi connectivity index (χ3n) is 6.29. The van der Waals surface area contributed by atoms with Gasteiger partial charge in [0.05, 0.1) is 36.8 Å². The SMILES string of the molecule is N=c1c(C(=O)NCCN2CCOCC2)cc2c(=O)n3ccccc3nc2n1C[C@@H]1CCCO1. The summed E-state index contributed by atoms with van der Waals surface area (Å²) in [7, 11) is 0. The van der Waals surface area contributed by atoms with E-state index in [0.29, 0.717) is 56.1 Å². The van der Waals surface area contributed by atoms with Crippen LogP contribution in [0.15, 0.2) is 35.3 Å². The maximum atomic E-state index is 13.3. The molecule has 2 N–H and O–H groups in total. The third kappa shape index (κ3) is 4.41. The van der Waals surface area contributed by atoms with Crippen molar-refractivity contribution in [2.45, 2.75) is 25.5 Å². The molecule has 0 aromatic carbocycles. The summed E-state index contributed by atoms with van der Waals surface area (Å²) in [5.74, 6) is -0.367. The number of hydrogen-bond donors (Lipinski definition) is 2. The van der Waals surface area contributed by atoms with Crippen LogP contribution in [0.25, 0.3) is 16.7 Å². The lowest BCUT2D eigenvalue weighted by molar-refractivity contribution is 0.0383. The standard InChI is InChI=1S/C23H28N6O4/c24-20-17(22(30)25-6-8-27-9-12-32-13-10-27)14-18-21(29(20)15-16-4-3-11-33-16)26-19-5-1-2-7-28(19)23(18)31/h1-2,5,7,14,16,24H,3-4,6,8-13,15H2,(H,25,30)/t16-/m0/s1. The van der Waals surface area contributed by atoms with Gasteiger partial charge in [-0.1, -0.05) is 6.07 Å². The molecule has 5 rings (SSSR count). The molecule has 2 fully saturated rings. The Kier molecular flexibility index (Phi) is 6.21. The van der Waals surface area contributed by atoms with Crippen LogP contribution in [0.3, 0.4) is 0 Å². The van der Waals surface area contributed by atoms with E-state index in [1.165, 1.54) is 10.5 Å². The van der Waals surface area contributed by atoms with Gasteiger partial charge in [0.25, 0.3) is 11.5 Å². The first-order chi connectivity index (χ1) is 16.1. The van der Waals surface area contributed by atoms with Crippen LogP contribution in [0.5, 0.6) is 0 Å². The second-order valence-electron chi connectivity index (χ2n) is 8.45. The van der Waals surface area contributed by atoms with Crippen molar-refractivity contribution in [2.24, 2.45) is 0 Å². The van der Waals surface area contributed by atoms with Crippen LogP contribution >= 0.6 is 0 Å². The number of rotatable bonds is 6. The molecule has 3 aromatic heterocycles. The molecule has 33 heavy (non-hydrogen) atoms. The predicted molar refractivity (Wildman–Crippen MR) is 121 cm³/mol. The molecule has 3 aromatic rings. The van der Waals surface area contributed by atoms with Crippen molar-refractivity contribution < 1.29 is 14.3 Å². The molecule has 0 spiro atoms. The number of carbonyl (C=O) groups is 1. The van der Waals surface area contributed by atoms with Gasteiger partial charge in [0, 0.05) is 39.0 Å². The van der Waals surface area contributed by atoms with Gasteiger partial charge in [0.1, 0.15) is 16.8 Å². The van der Waals surface area contributed by atoms with Crippen LogP contribution in [0, 0.1) is 5.41 Å². The molecule has 0 saturated carbocycles. The second kappa shape index (κ2) is 9.42. The molecular formula is C23H28N6O4. The summed E-state index contributed by atoms with van der Waals surface area (Å²) in [5, 5.41) is 12.0. The molecule has 10 heteroatoms. The monoisotopic (exact) mass is 452 g/mol. The number of nitrogens with zero attached hydrogens (tertiary/aromatic N) is 4. The van der Waals surface area contributed by atoms with E-state index in [2.05, 4.69) is 15.2 Å². The number of ether oxygens (including phenoxy) is 2. The Morgan fingerprint density at radius 1 is 1.24 bits per heavy atom. The maximum absolute atomic E-state index is 13.3. The quantitative estimate of drug-likeness (QED) is 0.523. The van der Waals surface area contributed by atoms with E-state index >= 15 is 0 Å². The van der Waals surface area contributed by atoms with Gasteiger partial charge in [-0.15, -0.1) is 0 Å². The van der Waals surface area contributed by atoms with Gasteiger partial charge < -0.3 is 19.4 Å². The lowest BCUT2D eigenvalue weighted by atomic mass is 10.1. The topological polar surface area (TPSA) is 114 Å². The normalized spacial score (nSPS) is 19.3. The van der Waals surface area contributed by atoms with Crippen molar-refractivity contribution in [1.29, 1.82) is 5.41 Å². The first kappa shape index (κ1) is 21.7. The van der Waals surface area contributed by atoms with E-state index in [4.69, 9.17) is 14.9 Å². The molecule has 0 unspecified atom stereocenters. The molecule has 1 amide bonds. The molecule has 174 valence electrons. The first-order valence-corrected chi connectivity index (χ1v) is 11.4. The lowest BCUT2D eigenvalue weighted by Gasteiger charge is -2.26. The summed E-state index contributed by atoms with van der Waals surface area (Å²) in [6, 6.07) is 6.84. The molecule has 0 aliphatic carbocycles. The fourth-order valence-corrected chi connectivity index (χ4v) is 4.48. The van der Waals surface area contributed by atoms with Gasteiger partial charge in [0.15, 0.2) is 0 Å². The number of carbonyl (C=O) groups excluding carboxylic acids is 1. The number of fused-ring (bicyclic) bond motifs is 2. The fraction of sp³-hybridized carbons (Fsp3) is 0.478. The molecule has 10 nitrogen and oxygen atoms in total. The van der Waals surface area contributed by atoms with Gasteiger partial charge >= 0.3 is 0 Å². The van der Waals surface area contributed by atoms with Gasteiger partial charge in [-0.05, 0) is 31.0 Å². The minimum absolute atomic E-state index is 0.0362. The third-order valence-corrected chi connectivity index (χ3v) is 6.29. The van der Waals surface area contributed by atoms with E-state index in [1.54, 1.807) is 22.9 Å². The summed E-state index contributed by atoms with van der Waals surface area (Å²) in [6.45, 7) is 5.29. The van der Waals surface area contributed by atoms with Crippen LogP contribution in [-0.2, 0) is 16.0 Å². The largest absolute Gasteiger partial charge is 0.379 e. The second-order valence-corrected chi connectivity index (χ2v) is 8.45. The summed E-state index contributed by atoms with van der Waals surface area (Å²) in [5.41, 5.74) is 0.833. The van der Waals surface area contributed by atoms with E-state index in [9.17, 15) is 9.59 Å². The Labute approximate surface area is 190 Å². The van der Waals surface area contributed by atoms with Crippen molar-refractivity contribution >= 4 is 22.6 Å². The average molecular weight is 453 g/mol. The van der Waals surface area contributed by atoms with E-state index in [0.717, 1.165) is 25.9 Å². The minimum atomic E-state index is -0.367. The smallest absolute Gasteiger partial charge is 0.267 e. The highest BCUT2D eigenvalue weighted by atomic mass is 16.5. The van der Waals surface area contributed by atoms with Crippen LogP contribution in [0.1, 0.15) is 23.2 Å². The van der Waals surface area contributed by atoms with Crippen LogP contribution in [-0.4, -0.2) is 76.9 Å². The first-order valence-electron chi connectivity index (χ1n) is 11.4. The summed E-state index contributed by atoms with van der Waals surface area (Å²) in [6.07, 6.45) is 3.41. The molecule has 2 saturated heterocycles. The Morgan fingerprint density at radius 2 is 2.09 bits per heavy atom. The van der Waals surface area contributed by atoms with Crippen LogP contribution < -0.4 is 16.4 Å². The average Bonchev–Trinajstić information content (AvgIpc) is 3.35. The number of hydrogen-bond acceptors (Lipinski definition) is 7. The molecule has 0 radical (unpaired) electrons.